The molecule has 6 nitrogen and oxygen atoms in total. The maximum Gasteiger partial charge on any atom is 0.315 e. The van der Waals surface area contributed by atoms with E-state index in [0.29, 0.717) is 24.9 Å². The molecule has 24 heavy (non-hydrogen) atoms. The van der Waals surface area contributed by atoms with Gasteiger partial charge in [0, 0.05) is 24.3 Å². The third-order valence-corrected chi connectivity index (χ3v) is 3.98. The predicted molar refractivity (Wildman–Crippen MR) is 88.2 cm³/mol. The number of hydrogen-bond acceptors (Lipinski definition) is 5. The van der Waals surface area contributed by atoms with Crippen LogP contribution in [0.15, 0.2) is 28.7 Å². The van der Waals surface area contributed by atoms with Crippen LogP contribution in [0.25, 0.3) is 0 Å². The summed E-state index contributed by atoms with van der Waals surface area (Å²) >= 11 is 0. The summed E-state index contributed by atoms with van der Waals surface area (Å²) in [5.74, 6) is 0.229. The molecule has 0 unspecified atom stereocenters. The van der Waals surface area contributed by atoms with Crippen LogP contribution in [-0.4, -0.2) is 20.0 Å². The van der Waals surface area contributed by atoms with Crippen LogP contribution >= 0.6 is 0 Å². The van der Waals surface area contributed by atoms with E-state index < -0.39 is 0 Å². The first-order valence-corrected chi connectivity index (χ1v) is 7.90. The molecule has 0 radical (unpaired) electrons. The van der Waals surface area contributed by atoms with Gasteiger partial charge in [0.25, 0.3) is 0 Å². The minimum atomic E-state index is -0.259. The molecule has 0 saturated carbocycles. The lowest BCUT2D eigenvalue weighted by Gasteiger charge is -2.03. The summed E-state index contributed by atoms with van der Waals surface area (Å²) in [6, 6.07) is 6.62. The molecule has 2 aromatic heterocycles. The highest BCUT2D eigenvalue weighted by Crippen LogP contribution is 2.16. The van der Waals surface area contributed by atoms with Crippen molar-refractivity contribution in [2.24, 2.45) is 0 Å². The second kappa shape index (κ2) is 6.82. The van der Waals surface area contributed by atoms with Gasteiger partial charge >= 0.3 is 6.01 Å². The van der Waals surface area contributed by atoms with Gasteiger partial charge in [0.1, 0.15) is 5.82 Å². The molecule has 2 heterocycles. The van der Waals surface area contributed by atoms with E-state index in [1.165, 1.54) is 12.1 Å². The van der Waals surface area contributed by atoms with Gasteiger partial charge in [0.2, 0.25) is 5.89 Å². The lowest BCUT2D eigenvalue weighted by molar-refractivity contribution is 0.516. The molecule has 1 aromatic carbocycles. The molecule has 0 atom stereocenters. The van der Waals surface area contributed by atoms with Crippen molar-refractivity contribution in [1.29, 1.82) is 0 Å². The van der Waals surface area contributed by atoms with Crippen LogP contribution in [0.5, 0.6) is 0 Å². The number of halogens is 1. The molecule has 0 fully saturated rings. The fourth-order valence-corrected chi connectivity index (χ4v) is 2.64. The molecule has 7 heteroatoms. The summed E-state index contributed by atoms with van der Waals surface area (Å²) in [5, 5.41) is 15.7. The molecule has 126 valence electrons. The Morgan fingerprint density at radius 2 is 1.92 bits per heavy atom. The summed E-state index contributed by atoms with van der Waals surface area (Å²) in [6.45, 7) is 7.53. The van der Waals surface area contributed by atoms with Crippen LogP contribution in [0.4, 0.5) is 10.4 Å². The van der Waals surface area contributed by atoms with Crippen molar-refractivity contribution in [3.8, 4) is 0 Å². The van der Waals surface area contributed by atoms with Crippen LogP contribution in [0.1, 0.15) is 35.3 Å². The smallest absolute Gasteiger partial charge is 0.315 e. The number of rotatable bonds is 6. The van der Waals surface area contributed by atoms with Crippen LogP contribution in [0.3, 0.4) is 0 Å². The van der Waals surface area contributed by atoms with Gasteiger partial charge in [-0.3, -0.25) is 4.68 Å². The van der Waals surface area contributed by atoms with E-state index in [1.807, 2.05) is 18.5 Å². The van der Waals surface area contributed by atoms with E-state index in [2.05, 4.69) is 27.5 Å². The highest BCUT2D eigenvalue weighted by Gasteiger charge is 2.12. The highest BCUT2D eigenvalue weighted by atomic mass is 19.1. The number of aromatic nitrogens is 4. The van der Waals surface area contributed by atoms with Crippen LogP contribution in [0, 0.1) is 19.7 Å². The van der Waals surface area contributed by atoms with Crippen molar-refractivity contribution >= 4 is 6.01 Å². The average molecular weight is 329 g/mol. The van der Waals surface area contributed by atoms with E-state index >= 15 is 0 Å². The third kappa shape index (κ3) is 3.45. The molecule has 0 saturated heterocycles. The first kappa shape index (κ1) is 16.2. The van der Waals surface area contributed by atoms with Crippen LogP contribution < -0.4 is 5.32 Å². The first-order chi connectivity index (χ1) is 11.6. The summed E-state index contributed by atoms with van der Waals surface area (Å²) in [6.07, 6.45) is 0.473. The van der Waals surface area contributed by atoms with Gasteiger partial charge in [-0.1, -0.05) is 17.2 Å². The topological polar surface area (TPSA) is 68.8 Å². The lowest BCUT2D eigenvalue weighted by Crippen LogP contribution is -2.03. The number of benzene rings is 1. The molecule has 0 amide bonds. The molecular weight excluding hydrogens is 309 g/mol. The van der Waals surface area contributed by atoms with Crippen molar-refractivity contribution < 1.29 is 8.81 Å². The minimum absolute atomic E-state index is 0.259. The van der Waals surface area contributed by atoms with Gasteiger partial charge in [0.15, 0.2) is 0 Å². The Morgan fingerprint density at radius 1 is 1.17 bits per heavy atom. The Morgan fingerprint density at radius 3 is 2.58 bits per heavy atom. The standard InChI is InChI=1S/C17H20FN5O/c1-4-23-12(3)15(11(2)22-23)10-19-17-21-20-16(24-17)9-13-5-7-14(18)8-6-13/h5-8H,4,9-10H2,1-3H3,(H,19,21). The van der Waals surface area contributed by atoms with Crippen LogP contribution in [-0.2, 0) is 19.5 Å². The molecule has 0 bridgehead atoms. The fourth-order valence-electron chi connectivity index (χ4n) is 2.64. The summed E-state index contributed by atoms with van der Waals surface area (Å²) < 4.78 is 20.5. The number of aryl methyl sites for hydroxylation is 2. The van der Waals surface area contributed by atoms with Crippen molar-refractivity contribution in [2.45, 2.75) is 40.3 Å². The van der Waals surface area contributed by atoms with Gasteiger partial charge in [0.05, 0.1) is 12.1 Å². The van der Waals surface area contributed by atoms with Crippen molar-refractivity contribution in [3.05, 3.63) is 58.5 Å². The summed E-state index contributed by atoms with van der Waals surface area (Å²) in [5.41, 5.74) is 4.18. The van der Waals surface area contributed by atoms with Gasteiger partial charge < -0.3 is 9.73 Å². The molecule has 1 N–H and O–H groups in total. The zero-order chi connectivity index (χ0) is 17.1. The first-order valence-electron chi connectivity index (χ1n) is 7.90. The Labute approximate surface area is 139 Å². The average Bonchev–Trinajstić information content (AvgIpc) is 3.12. The Balaban J connectivity index is 1.64. The highest BCUT2D eigenvalue weighted by molar-refractivity contribution is 5.30. The minimum Gasteiger partial charge on any atom is -0.408 e. The van der Waals surface area contributed by atoms with Gasteiger partial charge in [-0.05, 0) is 38.5 Å². The Kier molecular flexibility index (Phi) is 4.59. The van der Waals surface area contributed by atoms with Gasteiger partial charge in [-0.2, -0.15) is 5.10 Å². The van der Waals surface area contributed by atoms with Crippen molar-refractivity contribution in [3.63, 3.8) is 0 Å². The summed E-state index contributed by atoms with van der Waals surface area (Å²) in [4.78, 5) is 0. The van der Waals surface area contributed by atoms with E-state index in [0.717, 1.165) is 29.1 Å². The quantitative estimate of drug-likeness (QED) is 0.752. The number of anilines is 1. The van der Waals surface area contributed by atoms with Gasteiger partial charge in [-0.15, -0.1) is 5.10 Å². The van der Waals surface area contributed by atoms with Crippen molar-refractivity contribution in [1.82, 2.24) is 20.0 Å². The third-order valence-electron chi connectivity index (χ3n) is 3.98. The number of nitrogens with one attached hydrogen (secondary N) is 1. The molecular formula is C17H20FN5O. The van der Waals surface area contributed by atoms with Crippen molar-refractivity contribution in [2.75, 3.05) is 5.32 Å². The van der Waals surface area contributed by atoms with E-state index in [-0.39, 0.29) is 5.82 Å². The largest absolute Gasteiger partial charge is 0.408 e. The van der Waals surface area contributed by atoms with Gasteiger partial charge in [-0.25, -0.2) is 4.39 Å². The normalized spacial score (nSPS) is 11.0. The molecule has 0 spiro atoms. The second-order valence-electron chi connectivity index (χ2n) is 5.62. The van der Waals surface area contributed by atoms with E-state index in [1.54, 1.807) is 12.1 Å². The maximum absolute atomic E-state index is 12.9. The van der Waals surface area contributed by atoms with E-state index in [4.69, 9.17) is 4.42 Å². The molecule has 0 aliphatic carbocycles. The zero-order valence-electron chi connectivity index (χ0n) is 14.0. The van der Waals surface area contributed by atoms with E-state index in [9.17, 15) is 4.39 Å². The molecule has 3 aromatic rings. The Hall–Kier alpha value is -2.70. The number of hydrogen-bond donors (Lipinski definition) is 1. The Bertz CT molecular complexity index is 822. The fraction of sp³-hybridized carbons (Fsp3) is 0.353. The predicted octanol–water partition coefficient (Wildman–Crippen LogP) is 3.24. The van der Waals surface area contributed by atoms with Crippen LogP contribution in [0.2, 0.25) is 0 Å². The monoisotopic (exact) mass is 329 g/mol. The number of nitrogens with zero attached hydrogens (tertiary/aromatic N) is 4. The molecule has 0 aliphatic rings. The molecule has 3 rings (SSSR count). The second-order valence-corrected chi connectivity index (χ2v) is 5.62. The zero-order valence-corrected chi connectivity index (χ0v) is 14.0. The lowest BCUT2D eigenvalue weighted by atomic mass is 10.1. The summed E-state index contributed by atoms with van der Waals surface area (Å²) in [7, 11) is 0. The molecule has 0 aliphatic heterocycles. The SMILES string of the molecule is CCn1nc(C)c(CNc2nnc(Cc3ccc(F)cc3)o2)c1C. The maximum atomic E-state index is 12.9.